The van der Waals surface area contributed by atoms with Crippen molar-refractivity contribution >= 4 is 15.7 Å². The van der Waals surface area contributed by atoms with E-state index in [0.717, 1.165) is 17.0 Å². The third kappa shape index (κ3) is 2.98. The van der Waals surface area contributed by atoms with Crippen molar-refractivity contribution in [2.45, 2.75) is 25.7 Å². The van der Waals surface area contributed by atoms with Crippen LogP contribution in [0.5, 0.6) is 0 Å². The molecular formula is C15H17N5O2S. The van der Waals surface area contributed by atoms with Crippen molar-refractivity contribution in [3.63, 3.8) is 0 Å². The number of sulfonamides is 1. The van der Waals surface area contributed by atoms with Crippen LogP contribution in [0.15, 0.2) is 35.2 Å². The molecule has 0 aliphatic carbocycles. The summed E-state index contributed by atoms with van der Waals surface area (Å²) >= 11 is 0. The van der Waals surface area contributed by atoms with E-state index >= 15 is 0 Å². The average molecular weight is 331 g/mol. The Labute approximate surface area is 134 Å². The van der Waals surface area contributed by atoms with E-state index < -0.39 is 10.0 Å². The van der Waals surface area contributed by atoms with Crippen LogP contribution in [-0.4, -0.2) is 28.8 Å². The molecule has 1 aromatic carbocycles. The van der Waals surface area contributed by atoms with Crippen molar-refractivity contribution in [1.82, 2.24) is 20.4 Å². The fourth-order valence-electron chi connectivity index (χ4n) is 2.42. The van der Waals surface area contributed by atoms with Crippen LogP contribution in [0.4, 0.5) is 5.69 Å². The van der Waals surface area contributed by atoms with Crippen molar-refractivity contribution < 1.29 is 8.42 Å². The maximum Gasteiger partial charge on any atom is 0.265 e. The highest BCUT2D eigenvalue weighted by atomic mass is 32.2. The molecule has 0 atom stereocenters. The predicted octanol–water partition coefficient (Wildman–Crippen LogP) is 2.53. The van der Waals surface area contributed by atoms with E-state index in [0.29, 0.717) is 17.1 Å². The largest absolute Gasteiger partial charge is 0.282 e. The van der Waals surface area contributed by atoms with Gasteiger partial charge in [0.25, 0.3) is 10.0 Å². The molecule has 0 aliphatic rings. The Kier molecular flexibility index (Phi) is 3.69. The number of benzene rings is 1. The van der Waals surface area contributed by atoms with Crippen LogP contribution < -0.4 is 4.72 Å². The first kappa shape index (κ1) is 15.3. The fraction of sp³-hybridized carbons (Fsp3) is 0.200. The summed E-state index contributed by atoms with van der Waals surface area (Å²) in [5.41, 5.74) is 4.14. The van der Waals surface area contributed by atoms with Gasteiger partial charge in [0.15, 0.2) is 0 Å². The van der Waals surface area contributed by atoms with Crippen molar-refractivity contribution in [3.05, 3.63) is 47.4 Å². The second kappa shape index (κ2) is 5.54. The minimum absolute atomic E-state index is 0.185. The van der Waals surface area contributed by atoms with E-state index in [1.807, 2.05) is 25.1 Å². The van der Waals surface area contributed by atoms with Crippen LogP contribution in [0, 0.1) is 20.8 Å². The van der Waals surface area contributed by atoms with Crippen molar-refractivity contribution in [2.24, 2.45) is 0 Å². The van der Waals surface area contributed by atoms with Gasteiger partial charge in [0.2, 0.25) is 0 Å². The molecule has 3 N–H and O–H groups in total. The summed E-state index contributed by atoms with van der Waals surface area (Å²) in [5.74, 6) is 0. The normalized spacial score (nSPS) is 11.6. The van der Waals surface area contributed by atoms with E-state index in [9.17, 15) is 8.42 Å². The molecule has 7 nitrogen and oxygen atoms in total. The van der Waals surface area contributed by atoms with Gasteiger partial charge in [-0.15, -0.1) is 0 Å². The zero-order valence-corrected chi connectivity index (χ0v) is 13.8. The third-order valence-corrected chi connectivity index (χ3v) is 5.11. The first-order valence-electron chi connectivity index (χ1n) is 7.03. The number of hydrogen-bond acceptors (Lipinski definition) is 4. The number of aromatic nitrogens is 4. The van der Waals surface area contributed by atoms with Gasteiger partial charge in [-0.2, -0.15) is 10.2 Å². The van der Waals surface area contributed by atoms with Gasteiger partial charge in [-0.25, -0.2) is 8.42 Å². The van der Waals surface area contributed by atoms with Crippen LogP contribution in [-0.2, 0) is 10.0 Å². The lowest BCUT2D eigenvalue weighted by molar-refractivity contribution is 0.600. The molecule has 3 rings (SSSR count). The Morgan fingerprint density at radius 1 is 1.00 bits per heavy atom. The molecule has 0 unspecified atom stereocenters. The van der Waals surface area contributed by atoms with E-state index in [1.165, 1.54) is 0 Å². The van der Waals surface area contributed by atoms with Gasteiger partial charge in [-0.05, 0) is 39.0 Å². The van der Waals surface area contributed by atoms with Gasteiger partial charge in [0.1, 0.15) is 4.90 Å². The fourth-order valence-corrected chi connectivity index (χ4v) is 3.85. The van der Waals surface area contributed by atoms with Crippen LogP contribution in [0.2, 0.25) is 0 Å². The Morgan fingerprint density at radius 3 is 2.22 bits per heavy atom. The maximum atomic E-state index is 12.5. The molecule has 0 fully saturated rings. The van der Waals surface area contributed by atoms with Gasteiger partial charge in [-0.3, -0.25) is 14.9 Å². The van der Waals surface area contributed by atoms with Crippen molar-refractivity contribution in [1.29, 1.82) is 0 Å². The number of H-pyrrole nitrogens is 2. The Bertz CT molecular complexity index is 919. The number of aromatic amines is 2. The molecule has 0 saturated heterocycles. The van der Waals surface area contributed by atoms with E-state index in [-0.39, 0.29) is 4.90 Å². The number of hydrogen-bond donors (Lipinski definition) is 3. The quantitative estimate of drug-likeness (QED) is 0.683. The van der Waals surface area contributed by atoms with Gasteiger partial charge in [0.05, 0.1) is 17.1 Å². The topological polar surface area (TPSA) is 104 Å². The van der Waals surface area contributed by atoms with Gasteiger partial charge in [-0.1, -0.05) is 12.1 Å². The SMILES string of the molecule is Cc1cc(-c2ccc(NS(=O)(=O)c3c(C)n[nH]c3C)cc2)n[nH]1. The Morgan fingerprint density at radius 2 is 1.70 bits per heavy atom. The molecule has 0 aliphatic heterocycles. The summed E-state index contributed by atoms with van der Waals surface area (Å²) < 4.78 is 27.5. The summed E-state index contributed by atoms with van der Waals surface area (Å²) in [7, 11) is -3.67. The number of aryl methyl sites for hydroxylation is 3. The summed E-state index contributed by atoms with van der Waals surface area (Å²) in [6, 6.07) is 8.99. The number of anilines is 1. The Balaban J connectivity index is 1.86. The first-order chi connectivity index (χ1) is 10.9. The number of nitrogens with one attached hydrogen (secondary N) is 3. The molecule has 0 bridgehead atoms. The van der Waals surface area contributed by atoms with Gasteiger partial charge in [0, 0.05) is 16.9 Å². The monoisotopic (exact) mass is 331 g/mol. The minimum atomic E-state index is -3.67. The smallest absolute Gasteiger partial charge is 0.265 e. The molecule has 0 amide bonds. The van der Waals surface area contributed by atoms with Crippen molar-refractivity contribution in [3.8, 4) is 11.3 Å². The molecule has 8 heteroatoms. The van der Waals surface area contributed by atoms with Crippen LogP contribution in [0.3, 0.4) is 0 Å². The summed E-state index contributed by atoms with van der Waals surface area (Å²) in [4.78, 5) is 0.185. The first-order valence-corrected chi connectivity index (χ1v) is 8.52. The highest BCUT2D eigenvalue weighted by molar-refractivity contribution is 7.92. The molecule has 23 heavy (non-hydrogen) atoms. The Hall–Kier alpha value is -2.61. The molecule has 2 aromatic heterocycles. The summed E-state index contributed by atoms with van der Waals surface area (Å²) in [5, 5.41) is 13.7. The third-order valence-electron chi connectivity index (χ3n) is 3.47. The lowest BCUT2D eigenvalue weighted by Gasteiger charge is -2.08. The zero-order chi connectivity index (χ0) is 16.6. The molecule has 2 heterocycles. The van der Waals surface area contributed by atoms with E-state index in [2.05, 4.69) is 25.1 Å². The molecule has 3 aromatic rings. The van der Waals surface area contributed by atoms with Crippen molar-refractivity contribution in [2.75, 3.05) is 4.72 Å². The van der Waals surface area contributed by atoms with Gasteiger partial charge >= 0.3 is 0 Å². The highest BCUT2D eigenvalue weighted by Gasteiger charge is 2.22. The van der Waals surface area contributed by atoms with E-state index in [1.54, 1.807) is 26.0 Å². The van der Waals surface area contributed by atoms with Crippen LogP contribution in [0.1, 0.15) is 17.1 Å². The zero-order valence-electron chi connectivity index (χ0n) is 13.0. The van der Waals surface area contributed by atoms with E-state index in [4.69, 9.17) is 0 Å². The predicted molar refractivity (Wildman–Crippen MR) is 87.6 cm³/mol. The highest BCUT2D eigenvalue weighted by Crippen LogP contribution is 2.23. The minimum Gasteiger partial charge on any atom is -0.282 e. The lowest BCUT2D eigenvalue weighted by Crippen LogP contribution is -2.14. The molecule has 120 valence electrons. The second-order valence-corrected chi connectivity index (χ2v) is 7.00. The summed E-state index contributed by atoms with van der Waals surface area (Å²) in [6.07, 6.45) is 0. The molecular weight excluding hydrogens is 314 g/mol. The van der Waals surface area contributed by atoms with Crippen LogP contribution >= 0.6 is 0 Å². The number of nitrogens with zero attached hydrogens (tertiary/aromatic N) is 2. The second-order valence-electron chi connectivity index (χ2n) is 5.38. The summed E-state index contributed by atoms with van der Waals surface area (Å²) in [6.45, 7) is 5.26. The van der Waals surface area contributed by atoms with Gasteiger partial charge < -0.3 is 0 Å². The molecule has 0 saturated carbocycles. The standard InChI is InChI=1S/C15H17N5O2S/c1-9-8-14(19-16-9)12-4-6-13(7-5-12)20-23(21,22)15-10(2)17-18-11(15)3/h4-8,20H,1-3H3,(H,16,19)(H,17,18). The molecule has 0 radical (unpaired) electrons. The lowest BCUT2D eigenvalue weighted by atomic mass is 10.1. The van der Waals surface area contributed by atoms with Crippen LogP contribution in [0.25, 0.3) is 11.3 Å². The maximum absolute atomic E-state index is 12.5. The molecule has 0 spiro atoms. The number of rotatable bonds is 4. The average Bonchev–Trinajstić information content (AvgIpc) is 3.06.